The number of carbonyl (C=O) groups excluding carboxylic acids is 1. The molecule has 0 aliphatic heterocycles. The summed E-state index contributed by atoms with van der Waals surface area (Å²) < 4.78 is 0. The van der Waals surface area contributed by atoms with Gasteiger partial charge >= 0.3 is 0 Å². The lowest BCUT2D eigenvalue weighted by molar-refractivity contribution is -0.122. The number of nitrogens with zero attached hydrogens (tertiary/aromatic N) is 1. The third-order valence-electron chi connectivity index (χ3n) is 2.44. The molecule has 1 aromatic heterocycles. The van der Waals surface area contributed by atoms with Crippen molar-refractivity contribution in [2.75, 3.05) is 13.6 Å². The van der Waals surface area contributed by atoms with Crippen molar-refractivity contribution in [3.05, 3.63) is 16.1 Å². The minimum absolute atomic E-state index is 0. The van der Waals surface area contributed by atoms with E-state index >= 15 is 0 Å². The van der Waals surface area contributed by atoms with Crippen LogP contribution in [0.5, 0.6) is 0 Å². The van der Waals surface area contributed by atoms with Crippen LogP contribution in [0.1, 0.15) is 37.4 Å². The zero-order valence-electron chi connectivity index (χ0n) is 11.8. The lowest BCUT2D eigenvalue weighted by Crippen LogP contribution is -2.41. The summed E-state index contributed by atoms with van der Waals surface area (Å²) >= 11 is 1.59. The first-order valence-electron chi connectivity index (χ1n) is 5.84. The summed E-state index contributed by atoms with van der Waals surface area (Å²) in [4.78, 5) is 16.2. The second kappa shape index (κ2) is 9.53. The zero-order valence-corrected chi connectivity index (χ0v) is 14.2. The average molecular weight is 328 g/mol. The summed E-state index contributed by atoms with van der Waals surface area (Å²) in [5.41, 5.74) is 0.623. The maximum Gasteiger partial charge on any atom is 0.220 e. The molecule has 4 nitrogen and oxygen atoms in total. The topological polar surface area (TPSA) is 54.0 Å². The Morgan fingerprint density at radius 2 is 2.05 bits per heavy atom. The quantitative estimate of drug-likeness (QED) is 0.790. The Bertz CT molecular complexity index is 383. The fourth-order valence-electron chi connectivity index (χ4n) is 1.53. The van der Waals surface area contributed by atoms with Crippen LogP contribution in [0.3, 0.4) is 0 Å². The molecule has 112 valence electrons. The van der Waals surface area contributed by atoms with Crippen molar-refractivity contribution in [2.24, 2.45) is 0 Å². The zero-order chi connectivity index (χ0) is 12.9. The molecule has 0 saturated heterocycles. The van der Waals surface area contributed by atoms with Gasteiger partial charge in [-0.15, -0.1) is 36.2 Å². The van der Waals surface area contributed by atoms with Crippen LogP contribution in [0, 0.1) is 6.92 Å². The highest BCUT2D eigenvalue weighted by molar-refractivity contribution is 7.09. The Morgan fingerprint density at radius 1 is 1.42 bits per heavy atom. The van der Waals surface area contributed by atoms with Crippen molar-refractivity contribution >= 4 is 42.1 Å². The van der Waals surface area contributed by atoms with Crippen LogP contribution in [0.25, 0.3) is 0 Å². The smallest absolute Gasteiger partial charge is 0.220 e. The number of amides is 1. The van der Waals surface area contributed by atoms with Crippen LogP contribution in [0.2, 0.25) is 0 Å². The first-order valence-corrected chi connectivity index (χ1v) is 6.72. The van der Waals surface area contributed by atoms with Gasteiger partial charge in [0.15, 0.2) is 0 Å². The number of hydrogen-bond acceptors (Lipinski definition) is 4. The molecule has 0 atom stereocenters. The van der Waals surface area contributed by atoms with Gasteiger partial charge in [-0.05, 0) is 40.8 Å². The average Bonchev–Trinajstić information content (AvgIpc) is 2.65. The molecule has 0 spiro atoms. The van der Waals surface area contributed by atoms with Gasteiger partial charge < -0.3 is 10.6 Å². The van der Waals surface area contributed by atoms with Gasteiger partial charge in [0.05, 0.1) is 5.54 Å². The Morgan fingerprint density at radius 3 is 2.53 bits per heavy atom. The number of aryl methyl sites for hydroxylation is 1. The summed E-state index contributed by atoms with van der Waals surface area (Å²) in [7, 11) is 1.89. The van der Waals surface area contributed by atoms with E-state index in [0.717, 1.165) is 23.7 Å². The van der Waals surface area contributed by atoms with Crippen molar-refractivity contribution in [3.8, 4) is 0 Å². The largest absolute Gasteiger partial charge is 0.345 e. The predicted octanol–water partition coefficient (Wildman–Crippen LogP) is 2.65. The third-order valence-corrected chi connectivity index (χ3v) is 3.72. The number of rotatable bonds is 6. The lowest BCUT2D eigenvalue weighted by atomic mass is 10.1. The Kier molecular flexibility index (Phi) is 10.5. The molecule has 1 aromatic rings. The molecular weight excluding hydrogens is 305 g/mol. The fraction of sp³-hybridized carbons (Fsp3) is 0.667. The molecule has 1 amide bonds. The SMILES string of the molecule is CNCCCC(=O)NC(C)(C)c1nc(C)cs1.Cl.Cl. The van der Waals surface area contributed by atoms with E-state index in [1.165, 1.54) is 0 Å². The first kappa shape index (κ1) is 20.9. The van der Waals surface area contributed by atoms with Crippen LogP contribution in [-0.2, 0) is 10.3 Å². The van der Waals surface area contributed by atoms with Crippen LogP contribution in [0.15, 0.2) is 5.38 Å². The maximum atomic E-state index is 11.8. The summed E-state index contributed by atoms with van der Waals surface area (Å²) in [5, 5.41) is 9.02. The fourth-order valence-corrected chi connectivity index (χ4v) is 2.41. The Balaban J connectivity index is 0. The van der Waals surface area contributed by atoms with Gasteiger partial charge in [-0.3, -0.25) is 4.79 Å². The number of halogens is 2. The molecule has 0 aliphatic rings. The molecule has 19 heavy (non-hydrogen) atoms. The molecule has 0 aromatic carbocycles. The number of nitrogens with one attached hydrogen (secondary N) is 2. The van der Waals surface area contributed by atoms with Gasteiger partial charge in [-0.1, -0.05) is 0 Å². The van der Waals surface area contributed by atoms with E-state index in [1.807, 2.05) is 33.2 Å². The Labute approximate surface area is 131 Å². The van der Waals surface area contributed by atoms with Gasteiger partial charge in [0.2, 0.25) is 5.91 Å². The second-order valence-corrected chi connectivity index (χ2v) is 5.53. The third kappa shape index (κ3) is 7.11. The molecule has 0 fully saturated rings. The molecule has 0 aliphatic carbocycles. The minimum atomic E-state index is -0.379. The van der Waals surface area contributed by atoms with E-state index in [0.29, 0.717) is 6.42 Å². The van der Waals surface area contributed by atoms with Crippen LogP contribution < -0.4 is 10.6 Å². The van der Waals surface area contributed by atoms with Crippen LogP contribution in [0.4, 0.5) is 0 Å². The van der Waals surface area contributed by atoms with E-state index in [2.05, 4.69) is 15.6 Å². The molecule has 0 radical (unpaired) electrons. The maximum absolute atomic E-state index is 11.8. The van der Waals surface area contributed by atoms with E-state index < -0.39 is 0 Å². The molecule has 0 unspecified atom stereocenters. The van der Waals surface area contributed by atoms with Crippen molar-refractivity contribution in [2.45, 2.75) is 39.2 Å². The van der Waals surface area contributed by atoms with Gasteiger partial charge in [-0.25, -0.2) is 4.98 Å². The van der Waals surface area contributed by atoms with Crippen molar-refractivity contribution in [1.82, 2.24) is 15.6 Å². The molecular formula is C12H23Cl2N3OS. The second-order valence-electron chi connectivity index (χ2n) is 4.67. The van der Waals surface area contributed by atoms with Crippen molar-refractivity contribution in [3.63, 3.8) is 0 Å². The lowest BCUT2D eigenvalue weighted by Gasteiger charge is -2.23. The minimum Gasteiger partial charge on any atom is -0.345 e. The van der Waals surface area contributed by atoms with Gasteiger partial charge in [0.1, 0.15) is 5.01 Å². The highest BCUT2D eigenvalue weighted by atomic mass is 35.5. The summed E-state index contributed by atoms with van der Waals surface area (Å²) in [6.45, 7) is 6.80. The molecule has 1 heterocycles. The molecule has 0 saturated carbocycles. The number of hydrogen-bond donors (Lipinski definition) is 2. The predicted molar refractivity (Wildman–Crippen MR) is 85.7 cm³/mol. The Hall–Kier alpha value is -0.360. The van der Waals surface area contributed by atoms with E-state index in [9.17, 15) is 4.79 Å². The van der Waals surface area contributed by atoms with Gasteiger partial charge in [0.25, 0.3) is 0 Å². The molecule has 1 rings (SSSR count). The number of thiazole rings is 1. The van der Waals surface area contributed by atoms with Crippen LogP contribution >= 0.6 is 36.2 Å². The monoisotopic (exact) mass is 327 g/mol. The number of aromatic nitrogens is 1. The van der Waals surface area contributed by atoms with Gasteiger partial charge in [0, 0.05) is 17.5 Å². The molecule has 2 N–H and O–H groups in total. The highest BCUT2D eigenvalue weighted by Crippen LogP contribution is 2.23. The van der Waals surface area contributed by atoms with E-state index in [4.69, 9.17) is 0 Å². The van der Waals surface area contributed by atoms with E-state index in [1.54, 1.807) is 11.3 Å². The van der Waals surface area contributed by atoms with Gasteiger partial charge in [-0.2, -0.15) is 0 Å². The molecule has 7 heteroatoms. The highest BCUT2D eigenvalue weighted by Gasteiger charge is 2.25. The first-order chi connectivity index (χ1) is 7.95. The summed E-state index contributed by atoms with van der Waals surface area (Å²) in [6, 6.07) is 0. The van der Waals surface area contributed by atoms with Crippen molar-refractivity contribution < 1.29 is 4.79 Å². The normalized spacial score (nSPS) is 10.3. The van der Waals surface area contributed by atoms with Crippen molar-refractivity contribution in [1.29, 1.82) is 0 Å². The van der Waals surface area contributed by atoms with Crippen LogP contribution in [-0.4, -0.2) is 24.5 Å². The number of carbonyl (C=O) groups is 1. The summed E-state index contributed by atoms with van der Waals surface area (Å²) in [5.74, 6) is 0.0816. The summed E-state index contributed by atoms with van der Waals surface area (Å²) in [6.07, 6.45) is 1.41. The molecule has 0 bridgehead atoms. The standard InChI is InChI=1S/C12H21N3OS.2ClH/c1-9-8-17-11(14-9)12(2,3)15-10(16)6-5-7-13-4;;/h8,13H,5-7H2,1-4H3,(H,15,16);2*1H. The van der Waals surface area contributed by atoms with E-state index in [-0.39, 0.29) is 36.3 Å².